The van der Waals surface area contributed by atoms with Crippen LogP contribution in [0.5, 0.6) is 0 Å². The van der Waals surface area contributed by atoms with Crippen LogP contribution in [0.4, 0.5) is 5.82 Å². The van der Waals surface area contributed by atoms with Crippen molar-refractivity contribution in [1.29, 1.82) is 5.41 Å². The minimum absolute atomic E-state index is 0.0651. The van der Waals surface area contributed by atoms with Gasteiger partial charge < -0.3 is 10.6 Å². The van der Waals surface area contributed by atoms with E-state index in [1.54, 1.807) is 0 Å². The highest BCUT2D eigenvalue weighted by atomic mass is 15.2. The van der Waals surface area contributed by atoms with E-state index in [0.717, 1.165) is 11.5 Å². The Labute approximate surface area is 103 Å². The van der Waals surface area contributed by atoms with Gasteiger partial charge in [-0.3, -0.25) is 5.41 Å². The quantitative estimate of drug-likeness (QED) is 0.619. The summed E-state index contributed by atoms with van der Waals surface area (Å²) in [5.74, 6) is 1.37. The summed E-state index contributed by atoms with van der Waals surface area (Å²) < 4.78 is 0. The van der Waals surface area contributed by atoms with E-state index >= 15 is 0 Å². The summed E-state index contributed by atoms with van der Waals surface area (Å²) in [7, 11) is 2.00. The molecule has 0 bridgehead atoms. The van der Waals surface area contributed by atoms with Crippen LogP contribution >= 0.6 is 0 Å². The molecule has 94 valence electrons. The van der Waals surface area contributed by atoms with Crippen LogP contribution in [0.25, 0.3) is 0 Å². The number of amidine groups is 1. The van der Waals surface area contributed by atoms with Crippen molar-refractivity contribution in [2.24, 2.45) is 11.7 Å². The zero-order valence-electron chi connectivity index (χ0n) is 11.3. The lowest BCUT2D eigenvalue weighted by Gasteiger charge is -2.30. The topological polar surface area (TPSA) is 66.0 Å². The van der Waals surface area contributed by atoms with E-state index in [4.69, 9.17) is 11.1 Å². The molecule has 0 spiro atoms. The van der Waals surface area contributed by atoms with E-state index in [1.807, 2.05) is 26.1 Å². The minimum atomic E-state index is 0.0651. The van der Waals surface area contributed by atoms with Crippen molar-refractivity contribution >= 4 is 11.7 Å². The van der Waals surface area contributed by atoms with Crippen LogP contribution in [-0.4, -0.2) is 23.9 Å². The molecule has 1 aromatic rings. The van der Waals surface area contributed by atoms with Crippen molar-refractivity contribution < 1.29 is 0 Å². The molecule has 0 saturated heterocycles. The monoisotopic (exact) mass is 234 g/mol. The smallest absolute Gasteiger partial charge is 0.139 e. The number of rotatable bonds is 4. The molecule has 1 atom stereocenters. The number of nitrogens with one attached hydrogen (secondary N) is 1. The Morgan fingerprint density at radius 1 is 1.35 bits per heavy atom. The molecule has 4 nitrogen and oxygen atoms in total. The van der Waals surface area contributed by atoms with Crippen LogP contribution in [0.3, 0.4) is 0 Å². The lowest BCUT2D eigenvalue weighted by Crippen LogP contribution is -2.35. The molecule has 0 aliphatic carbocycles. The molecule has 4 heteroatoms. The van der Waals surface area contributed by atoms with Gasteiger partial charge in [0.2, 0.25) is 0 Å². The number of hydrogen-bond acceptors (Lipinski definition) is 3. The van der Waals surface area contributed by atoms with Crippen molar-refractivity contribution in [1.82, 2.24) is 4.98 Å². The number of hydrogen-bond donors (Lipinski definition) is 2. The van der Waals surface area contributed by atoms with Gasteiger partial charge in [-0.25, -0.2) is 4.98 Å². The van der Waals surface area contributed by atoms with Gasteiger partial charge in [0, 0.05) is 18.8 Å². The molecule has 17 heavy (non-hydrogen) atoms. The highest BCUT2D eigenvalue weighted by Crippen LogP contribution is 2.21. The highest BCUT2D eigenvalue weighted by Gasteiger charge is 2.18. The molecule has 1 rings (SSSR count). The second-order valence-electron chi connectivity index (χ2n) is 4.83. The van der Waals surface area contributed by atoms with Gasteiger partial charge in [-0.05, 0) is 31.9 Å². The maximum absolute atomic E-state index is 7.60. The fourth-order valence-electron chi connectivity index (χ4n) is 1.66. The molecule has 0 radical (unpaired) electrons. The Morgan fingerprint density at radius 3 is 2.41 bits per heavy atom. The van der Waals surface area contributed by atoms with Crippen molar-refractivity contribution in [3.8, 4) is 0 Å². The number of aromatic nitrogens is 1. The lowest BCUT2D eigenvalue weighted by molar-refractivity contribution is 0.502. The number of nitrogen functional groups attached to an aromatic ring is 1. The molecule has 0 aliphatic heterocycles. The van der Waals surface area contributed by atoms with Gasteiger partial charge in [0.15, 0.2) is 0 Å². The Kier molecular flexibility index (Phi) is 4.10. The Balaban J connectivity index is 3.19. The van der Waals surface area contributed by atoms with Crippen LogP contribution in [-0.2, 0) is 0 Å². The largest absolute Gasteiger partial charge is 0.384 e. The summed E-state index contributed by atoms with van der Waals surface area (Å²) in [6.07, 6.45) is 0. The number of nitrogens with zero attached hydrogens (tertiary/aromatic N) is 2. The number of anilines is 1. The van der Waals surface area contributed by atoms with Crippen molar-refractivity contribution in [3.05, 3.63) is 23.4 Å². The minimum Gasteiger partial charge on any atom is -0.384 e. The molecule has 1 unspecified atom stereocenters. The zero-order chi connectivity index (χ0) is 13.2. The molecule has 0 fully saturated rings. The molecule has 0 aliphatic rings. The third kappa shape index (κ3) is 2.96. The lowest BCUT2D eigenvalue weighted by atomic mass is 10.0. The normalized spacial score (nSPS) is 12.6. The van der Waals surface area contributed by atoms with E-state index < -0.39 is 0 Å². The van der Waals surface area contributed by atoms with E-state index in [1.165, 1.54) is 0 Å². The Hall–Kier alpha value is -1.58. The first-order valence-corrected chi connectivity index (χ1v) is 5.89. The maximum atomic E-state index is 7.60. The van der Waals surface area contributed by atoms with Gasteiger partial charge in [0.05, 0.1) is 5.56 Å². The van der Waals surface area contributed by atoms with Crippen LogP contribution in [0.15, 0.2) is 12.1 Å². The van der Waals surface area contributed by atoms with Gasteiger partial charge in [-0.15, -0.1) is 0 Å². The summed E-state index contributed by atoms with van der Waals surface area (Å²) >= 11 is 0. The summed E-state index contributed by atoms with van der Waals surface area (Å²) in [6.45, 7) is 8.44. The van der Waals surface area contributed by atoms with Crippen molar-refractivity contribution in [2.75, 3.05) is 11.9 Å². The first-order valence-electron chi connectivity index (χ1n) is 5.89. The predicted octanol–water partition coefficient (Wildman–Crippen LogP) is 2.15. The Bertz CT molecular complexity index is 412. The van der Waals surface area contributed by atoms with Gasteiger partial charge in [-0.1, -0.05) is 13.8 Å². The van der Waals surface area contributed by atoms with Gasteiger partial charge >= 0.3 is 0 Å². The van der Waals surface area contributed by atoms with E-state index in [-0.39, 0.29) is 5.84 Å². The third-order valence-corrected chi connectivity index (χ3v) is 3.21. The zero-order valence-corrected chi connectivity index (χ0v) is 11.3. The fourth-order valence-corrected chi connectivity index (χ4v) is 1.66. The van der Waals surface area contributed by atoms with E-state index in [0.29, 0.717) is 17.5 Å². The SMILES string of the molecule is Cc1ccc(C(=N)N)c(N(C)C(C)C(C)C)n1. The summed E-state index contributed by atoms with van der Waals surface area (Å²) in [5, 5.41) is 7.60. The highest BCUT2D eigenvalue weighted by molar-refractivity contribution is 5.99. The van der Waals surface area contributed by atoms with Gasteiger partial charge in [0.1, 0.15) is 11.7 Å². The molecule has 0 aromatic carbocycles. The first kappa shape index (κ1) is 13.5. The molecular formula is C13H22N4. The summed E-state index contributed by atoms with van der Waals surface area (Å²) in [5.41, 5.74) is 7.23. The standard InChI is InChI=1S/C13H22N4/c1-8(2)10(4)17(5)13-11(12(14)15)7-6-9(3)16-13/h6-8,10H,1-5H3,(H3,14,15). The third-order valence-electron chi connectivity index (χ3n) is 3.21. The average Bonchev–Trinajstić information content (AvgIpc) is 2.26. The van der Waals surface area contributed by atoms with Crippen LogP contribution in [0, 0.1) is 18.3 Å². The number of aryl methyl sites for hydroxylation is 1. The second-order valence-corrected chi connectivity index (χ2v) is 4.83. The van der Waals surface area contributed by atoms with Crippen molar-refractivity contribution in [2.45, 2.75) is 33.7 Å². The summed E-state index contributed by atoms with van der Waals surface area (Å²) in [6, 6.07) is 4.10. The van der Waals surface area contributed by atoms with Gasteiger partial charge in [-0.2, -0.15) is 0 Å². The first-order chi connectivity index (χ1) is 7.84. The van der Waals surface area contributed by atoms with Gasteiger partial charge in [0.25, 0.3) is 0 Å². The second kappa shape index (κ2) is 5.17. The van der Waals surface area contributed by atoms with Crippen LogP contribution in [0.2, 0.25) is 0 Å². The molecule has 0 amide bonds. The predicted molar refractivity (Wildman–Crippen MR) is 72.7 cm³/mol. The van der Waals surface area contributed by atoms with E-state index in [2.05, 4.69) is 30.7 Å². The number of pyridine rings is 1. The van der Waals surface area contributed by atoms with Crippen LogP contribution in [0.1, 0.15) is 32.0 Å². The van der Waals surface area contributed by atoms with Crippen LogP contribution < -0.4 is 10.6 Å². The average molecular weight is 234 g/mol. The maximum Gasteiger partial charge on any atom is 0.139 e. The molecular weight excluding hydrogens is 212 g/mol. The molecule has 0 saturated carbocycles. The van der Waals surface area contributed by atoms with E-state index in [9.17, 15) is 0 Å². The van der Waals surface area contributed by atoms with Crippen molar-refractivity contribution in [3.63, 3.8) is 0 Å². The molecule has 1 heterocycles. The number of nitrogens with two attached hydrogens (primary N) is 1. The molecule has 3 N–H and O–H groups in total. The Morgan fingerprint density at radius 2 is 1.94 bits per heavy atom. The molecule has 1 aromatic heterocycles. The fraction of sp³-hybridized carbons (Fsp3) is 0.538. The summed E-state index contributed by atoms with van der Waals surface area (Å²) in [4.78, 5) is 6.59.